The van der Waals surface area contributed by atoms with Gasteiger partial charge in [-0.3, -0.25) is 9.69 Å². The number of carbonyl (C=O) groups excluding carboxylic acids is 1. The number of nitrogens with zero attached hydrogens (tertiary/aromatic N) is 2. The first kappa shape index (κ1) is 17.3. The third-order valence-corrected chi connectivity index (χ3v) is 4.27. The number of hydrogen-bond acceptors (Lipinski definition) is 5. The van der Waals surface area contributed by atoms with Gasteiger partial charge < -0.3 is 19.5 Å². The van der Waals surface area contributed by atoms with Gasteiger partial charge in [0.25, 0.3) is 0 Å². The Kier molecular flexibility index (Phi) is 6.40. The monoisotopic (exact) mass is 320 g/mol. The minimum Gasteiger partial charge on any atom is -0.495 e. The summed E-state index contributed by atoms with van der Waals surface area (Å²) < 4.78 is 5.39. The van der Waals surface area contributed by atoms with Gasteiger partial charge >= 0.3 is 5.97 Å². The molecule has 1 atom stereocenters. The van der Waals surface area contributed by atoms with E-state index in [1.807, 2.05) is 29.2 Å². The number of anilines is 1. The van der Waals surface area contributed by atoms with E-state index in [0.29, 0.717) is 32.4 Å². The summed E-state index contributed by atoms with van der Waals surface area (Å²) in [6.45, 7) is 2.90. The number of methoxy groups -OCH3 is 1. The lowest BCUT2D eigenvalue weighted by Crippen LogP contribution is -2.52. The first-order valence-corrected chi connectivity index (χ1v) is 7.96. The van der Waals surface area contributed by atoms with E-state index in [4.69, 9.17) is 4.74 Å². The highest BCUT2D eigenvalue weighted by atomic mass is 16.5. The van der Waals surface area contributed by atoms with Gasteiger partial charge in [0.15, 0.2) is 0 Å². The van der Waals surface area contributed by atoms with Gasteiger partial charge in [-0.05, 0) is 25.0 Å². The van der Waals surface area contributed by atoms with E-state index in [9.17, 15) is 14.7 Å². The van der Waals surface area contributed by atoms with Crippen molar-refractivity contribution in [3.63, 3.8) is 0 Å². The number of unbranched alkanes of at least 4 members (excludes halogenated alkanes) is 1. The van der Waals surface area contributed by atoms with Gasteiger partial charge in [-0.25, -0.2) is 0 Å². The van der Waals surface area contributed by atoms with Crippen LogP contribution < -0.4 is 9.64 Å². The lowest BCUT2D eigenvalue weighted by molar-refractivity contribution is -0.143. The standard InChI is InChI=1S/C17H24N2O4/c1-23-16-8-3-2-6-14(16)18-9-11-19(12-10-18)15(17(21)22)7-4-5-13-20/h2-3,6,8,13,15H,4-5,7,9-12H2,1H3,(H,21,22). The quantitative estimate of drug-likeness (QED) is 0.580. The zero-order valence-corrected chi connectivity index (χ0v) is 13.5. The predicted octanol–water partition coefficient (Wildman–Crippen LogP) is 1.64. The SMILES string of the molecule is COc1ccccc1N1CCN(C(CCCC=O)C(=O)O)CC1. The summed E-state index contributed by atoms with van der Waals surface area (Å²) in [5.74, 6) is 0.0309. The molecule has 0 saturated carbocycles. The maximum Gasteiger partial charge on any atom is 0.320 e. The lowest BCUT2D eigenvalue weighted by Gasteiger charge is -2.39. The fourth-order valence-electron chi connectivity index (χ4n) is 3.02. The molecule has 1 heterocycles. The second kappa shape index (κ2) is 8.53. The minimum atomic E-state index is -0.804. The molecule has 0 bridgehead atoms. The van der Waals surface area contributed by atoms with Gasteiger partial charge in [0.05, 0.1) is 12.8 Å². The first-order valence-electron chi connectivity index (χ1n) is 7.96. The van der Waals surface area contributed by atoms with Crippen LogP contribution in [0.1, 0.15) is 19.3 Å². The van der Waals surface area contributed by atoms with Gasteiger partial charge in [0.2, 0.25) is 0 Å². The summed E-state index contributed by atoms with van der Waals surface area (Å²) in [5, 5.41) is 9.43. The molecule has 126 valence electrons. The second-order valence-corrected chi connectivity index (χ2v) is 5.65. The van der Waals surface area contributed by atoms with Gasteiger partial charge in [-0.15, -0.1) is 0 Å². The van der Waals surface area contributed by atoms with Crippen LogP contribution in [0.25, 0.3) is 0 Å². The highest BCUT2D eigenvalue weighted by Crippen LogP contribution is 2.28. The molecule has 0 aliphatic carbocycles. The lowest BCUT2D eigenvalue weighted by atomic mass is 10.1. The number of ether oxygens (including phenoxy) is 1. The average molecular weight is 320 g/mol. The molecule has 23 heavy (non-hydrogen) atoms. The smallest absolute Gasteiger partial charge is 0.320 e. The fraction of sp³-hybridized carbons (Fsp3) is 0.529. The number of hydrogen-bond donors (Lipinski definition) is 1. The van der Waals surface area contributed by atoms with Crippen LogP contribution in [0, 0.1) is 0 Å². The Hall–Kier alpha value is -2.08. The summed E-state index contributed by atoms with van der Waals surface area (Å²) >= 11 is 0. The van der Waals surface area contributed by atoms with Crippen molar-refractivity contribution >= 4 is 17.9 Å². The number of carboxylic acid groups (broad SMARTS) is 1. The molecule has 1 aromatic carbocycles. The molecule has 1 fully saturated rings. The van der Waals surface area contributed by atoms with Crippen LogP contribution in [-0.4, -0.2) is 61.6 Å². The molecule has 2 rings (SSSR count). The van der Waals surface area contributed by atoms with Gasteiger partial charge in [0.1, 0.15) is 18.1 Å². The summed E-state index contributed by atoms with van der Waals surface area (Å²) in [6, 6.07) is 7.36. The summed E-state index contributed by atoms with van der Waals surface area (Å²) in [4.78, 5) is 26.1. The molecule has 1 saturated heterocycles. The van der Waals surface area contributed by atoms with Crippen molar-refractivity contribution in [3.05, 3.63) is 24.3 Å². The third-order valence-electron chi connectivity index (χ3n) is 4.27. The van der Waals surface area contributed by atoms with E-state index in [-0.39, 0.29) is 0 Å². The number of rotatable bonds is 8. The summed E-state index contributed by atoms with van der Waals surface area (Å²) in [6.07, 6.45) is 2.40. The van der Waals surface area contributed by atoms with E-state index in [2.05, 4.69) is 4.90 Å². The number of carboxylic acids is 1. The Labute approximate surface area is 136 Å². The molecule has 0 radical (unpaired) electrons. The van der Waals surface area contributed by atoms with E-state index < -0.39 is 12.0 Å². The highest BCUT2D eigenvalue weighted by Gasteiger charge is 2.29. The Bertz CT molecular complexity index is 527. The van der Waals surface area contributed by atoms with E-state index >= 15 is 0 Å². The second-order valence-electron chi connectivity index (χ2n) is 5.65. The van der Waals surface area contributed by atoms with Crippen molar-refractivity contribution in [2.45, 2.75) is 25.3 Å². The zero-order valence-electron chi connectivity index (χ0n) is 13.5. The van der Waals surface area contributed by atoms with Crippen molar-refractivity contribution in [2.75, 3.05) is 38.2 Å². The van der Waals surface area contributed by atoms with Crippen molar-refractivity contribution in [1.29, 1.82) is 0 Å². The number of piperazine rings is 1. The molecule has 6 heteroatoms. The van der Waals surface area contributed by atoms with Crippen LogP contribution in [0.4, 0.5) is 5.69 Å². The average Bonchev–Trinajstić information content (AvgIpc) is 2.58. The van der Waals surface area contributed by atoms with Gasteiger partial charge in [0, 0.05) is 32.6 Å². The Morgan fingerprint density at radius 1 is 1.30 bits per heavy atom. The van der Waals surface area contributed by atoms with Crippen LogP contribution in [-0.2, 0) is 9.59 Å². The highest BCUT2D eigenvalue weighted by molar-refractivity contribution is 5.73. The van der Waals surface area contributed by atoms with E-state index in [1.54, 1.807) is 7.11 Å². The molecule has 0 spiro atoms. The minimum absolute atomic E-state index is 0.422. The number of para-hydroxylation sites is 2. The van der Waals surface area contributed by atoms with E-state index in [1.165, 1.54) is 0 Å². The number of aldehydes is 1. The molecular formula is C17H24N2O4. The number of aliphatic carboxylic acids is 1. The Morgan fingerprint density at radius 3 is 2.61 bits per heavy atom. The molecule has 1 aromatic rings. The van der Waals surface area contributed by atoms with Crippen LogP contribution in [0.15, 0.2) is 24.3 Å². The molecular weight excluding hydrogens is 296 g/mol. The summed E-state index contributed by atoms with van der Waals surface area (Å²) in [7, 11) is 1.66. The van der Waals surface area contributed by atoms with Crippen molar-refractivity contribution < 1.29 is 19.4 Å². The topological polar surface area (TPSA) is 70.1 Å². The van der Waals surface area contributed by atoms with Crippen LogP contribution in [0.2, 0.25) is 0 Å². The maximum atomic E-state index is 11.5. The molecule has 0 amide bonds. The predicted molar refractivity (Wildman–Crippen MR) is 88.1 cm³/mol. The maximum absolute atomic E-state index is 11.5. The molecule has 1 N–H and O–H groups in total. The van der Waals surface area contributed by atoms with Crippen LogP contribution in [0.5, 0.6) is 5.75 Å². The number of carbonyl (C=O) groups is 2. The fourth-order valence-corrected chi connectivity index (χ4v) is 3.02. The normalized spacial score (nSPS) is 16.8. The van der Waals surface area contributed by atoms with Crippen molar-refractivity contribution in [2.24, 2.45) is 0 Å². The molecule has 1 aliphatic rings. The van der Waals surface area contributed by atoms with Crippen LogP contribution in [0.3, 0.4) is 0 Å². The van der Waals surface area contributed by atoms with Crippen LogP contribution >= 0.6 is 0 Å². The molecule has 6 nitrogen and oxygen atoms in total. The van der Waals surface area contributed by atoms with E-state index in [0.717, 1.165) is 30.8 Å². The molecule has 0 aromatic heterocycles. The van der Waals surface area contributed by atoms with Crippen molar-refractivity contribution in [1.82, 2.24) is 4.90 Å². The zero-order chi connectivity index (χ0) is 16.7. The molecule has 1 aliphatic heterocycles. The first-order chi connectivity index (χ1) is 11.2. The third kappa shape index (κ3) is 4.45. The summed E-state index contributed by atoms with van der Waals surface area (Å²) in [5.41, 5.74) is 1.04. The van der Waals surface area contributed by atoms with Gasteiger partial charge in [-0.2, -0.15) is 0 Å². The Balaban J connectivity index is 1.96. The number of benzene rings is 1. The van der Waals surface area contributed by atoms with Crippen molar-refractivity contribution in [3.8, 4) is 5.75 Å². The Morgan fingerprint density at radius 2 is 2.00 bits per heavy atom. The largest absolute Gasteiger partial charge is 0.495 e. The van der Waals surface area contributed by atoms with Gasteiger partial charge in [-0.1, -0.05) is 12.1 Å². The molecule has 1 unspecified atom stereocenters.